The lowest BCUT2D eigenvalue weighted by Gasteiger charge is -2.31. The minimum atomic E-state index is -1.04. The maximum absolute atomic E-state index is 12.9. The molecule has 1 fully saturated rings. The summed E-state index contributed by atoms with van der Waals surface area (Å²) in [4.78, 5) is 31.0. The first-order valence-electron chi connectivity index (χ1n) is 8.48. The summed E-state index contributed by atoms with van der Waals surface area (Å²) in [6, 6.07) is 13.1. The first-order chi connectivity index (χ1) is 12.9. The van der Waals surface area contributed by atoms with Crippen LogP contribution in [0.3, 0.4) is 0 Å². The van der Waals surface area contributed by atoms with Gasteiger partial charge < -0.3 is 5.32 Å². The van der Waals surface area contributed by atoms with Crippen LogP contribution >= 0.6 is 28.1 Å². The minimum Gasteiger partial charge on any atom is -0.301 e. The third-order valence-electron chi connectivity index (χ3n) is 4.33. The number of thiocarbonyl (C=S) groups is 1. The number of aryl methyl sites for hydroxylation is 2. The molecular formula is C20H18BrN3O2S. The van der Waals surface area contributed by atoms with Gasteiger partial charge in [0.1, 0.15) is 0 Å². The van der Waals surface area contributed by atoms with Gasteiger partial charge in [-0.15, -0.1) is 0 Å². The molecule has 2 aromatic rings. The second kappa shape index (κ2) is 8.10. The number of hydrogen-bond donors (Lipinski definition) is 1. The standard InChI is InChI=1S/C20H18BrN3O2S/c1-3-13-4-7-15(8-5-13)24-19(26)16(18(25)23-20(24)27)11-22-17-9-6-14(21)10-12(17)2/h4-11,16H,3H2,1-2H3,(H,23,25,27)/t16-/m0/s1. The van der Waals surface area contributed by atoms with E-state index in [0.29, 0.717) is 11.4 Å². The van der Waals surface area contributed by atoms with Crippen LogP contribution in [0.1, 0.15) is 18.1 Å². The van der Waals surface area contributed by atoms with Crippen LogP contribution in [0.5, 0.6) is 0 Å². The monoisotopic (exact) mass is 443 g/mol. The lowest BCUT2D eigenvalue weighted by atomic mass is 10.1. The van der Waals surface area contributed by atoms with E-state index in [0.717, 1.165) is 22.0 Å². The Morgan fingerprint density at radius 1 is 1.22 bits per heavy atom. The van der Waals surface area contributed by atoms with E-state index in [2.05, 4.69) is 33.2 Å². The highest BCUT2D eigenvalue weighted by Gasteiger charge is 2.38. The number of hydrogen-bond acceptors (Lipinski definition) is 4. The quantitative estimate of drug-likeness (QED) is 0.439. The van der Waals surface area contributed by atoms with Gasteiger partial charge in [0.05, 0.1) is 11.4 Å². The van der Waals surface area contributed by atoms with Crippen molar-refractivity contribution < 1.29 is 9.59 Å². The summed E-state index contributed by atoms with van der Waals surface area (Å²) in [5.74, 6) is -1.91. The summed E-state index contributed by atoms with van der Waals surface area (Å²) in [5, 5.41) is 2.68. The fraction of sp³-hybridized carbons (Fsp3) is 0.200. The van der Waals surface area contributed by atoms with Crippen molar-refractivity contribution in [1.29, 1.82) is 0 Å². The summed E-state index contributed by atoms with van der Waals surface area (Å²) < 4.78 is 0.942. The molecule has 27 heavy (non-hydrogen) atoms. The van der Waals surface area contributed by atoms with Crippen LogP contribution in [0.2, 0.25) is 0 Å². The molecule has 1 saturated heterocycles. The maximum atomic E-state index is 12.9. The van der Waals surface area contributed by atoms with Gasteiger partial charge in [0.25, 0.3) is 5.91 Å². The number of anilines is 1. The van der Waals surface area contributed by atoms with E-state index in [1.165, 1.54) is 11.1 Å². The molecule has 7 heteroatoms. The van der Waals surface area contributed by atoms with E-state index in [4.69, 9.17) is 12.2 Å². The molecule has 0 unspecified atom stereocenters. The number of benzene rings is 2. The van der Waals surface area contributed by atoms with Crippen molar-refractivity contribution in [1.82, 2.24) is 5.32 Å². The number of rotatable bonds is 4. The Kier molecular flexibility index (Phi) is 5.82. The molecular weight excluding hydrogens is 426 g/mol. The molecule has 2 amide bonds. The summed E-state index contributed by atoms with van der Waals surface area (Å²) in [6.45, 7) is 3.97. The highest BCUT2D eigenvalue weighted by atomic mass is 79.9. The SMILES string of the molecule is CCc1ccc(N2C(=O)[C@@H](C=Nc3ccc(Br)cc3C)C(=O)NC2=S)cc1. The van der Waals surface area contributed by atoms with E-state index >= 15 is 0 Å². The van der Waals surface area contributed by atoms with Gasteiger partial charge in [-0.3, -0.25) is 19.5 Å². The molecule has 1 aliphatic rings. The lowest BCUT2D eigenvalue weighted by Crippen LogP contribution is -2.58. The predicted molar refractivity (Wildman–Crippen MR) is 115 cm³/mol. The zero-order chi connectivity index (χ0) is 19.6. The van der Waals surface area contributed by atoms with Gasteiger partial charge in [-0.1, -0.05) is 35.0 Å². The highest BCUT2D eigenvalue weighted by Crippen LogP contribution is 2.24. The number of aliphatic imine (C=N–C) groups is 1. The fourth-order valence-electron chi connectivity index (χ4n) is 2.77. The van der Waals surface area contributed by atoms with Crippen LogP contribution in [0.25, 0.3) is 0 Å². The molecule has 0 aromatic heterocycles. The molecule has 1 heterocycles. The first-order valence-corrected chi connectivity index (χ1v) is 9.69. The molecule has 1 atom stereocenters. The van der Waals surface area contributed by atoms with Crippen molar-refractivity contribution in [3.05, 3.63) is 58.1 Å². The second-order valence-corrected chi connectivity index (χ2v) is 7.48. The zero-order valence-electron chi connectivity index (χ0n) is 14.9. The third-order valence-corrected chi connectivity index (χ3v) is 5.10. The van der Waals surface area contributed by atoms with Crippen molar-refractivity contribution in [2.45, 2.75) is 20.3 Å². The van der Waals surface area contributed by atoms with Crippen LogP contribution in [0.15, 0.2) is 51.9 Å². The van der Waals surface area contributed by atoms with E-state index in [1.807, 2.05) is 49.4 Å². The molecule has 0 bridgehead atoms. The molecule has 2 aromatic carbocycles. The summed E-state index contributed by atoms with van der Waals surface area (Å²) in [5.41, 5.74) is 3.42. The Balaban J connectivity index is 1.88. The van der Waals surface area contributed by atoms with Gasteiger partial charge in [-0.05, 0) is 67.0 Å². The summed E-state index contributed by atoms with van der Waals surface area (Å²) in [6.07, 6.45) is 2.28. The van der Waals surface area contributed by atoms with E-state index in [9.17, 15) is 9.59 Å². The molecule has 138 valence electrons. The van der Waals surface area contributed by atoms with Crippen LogP contribution < -0.4 is 10.2 Å². The molecule has 5 nitrogen and oxygen atoms in total. The van der Waals surface area contributed by atoms with Crippen LogP contribution in [-0.4, -0.2) is 23.1 Å². The van der Waals surface area contributed by atoms with Gasteiger partial charge in [0.2, 0.25) is 5.91 Å². The average Bonchev–Trinajstić information content (AvgIpc) is 2.63. The van der Waals surface area contributed by atoms with E-state index in [1.54, 1.807) is 0 Å². The third kappa shape index (κ3) is 4.14. The van der Waals surface area contributed by atoms with Gasteiger partial charge in [0, 0.05) is 10.7 Å². The smallest absolute Gasteiger partial charge is 0.251 e. The van der Waals surface area contributed by atoms with Crippen LogP contribution in [0, 0.1) is 12.8 Å². The predicted octanol–water partition coefficient (Wildman–Crippen LogP) is 4.09. The number of nitrogens with zero attached hydrogens (tertiary/aromatic N) is 2. The maximum Gasteiger partial charge on any atom is 0.251 e. The Morgan fingerprint density at radius 3 is 2.56 bits per heavy atom. The molecule has 0 saturated carbocycles. The molecule has 0 spiro atoms. The minimum absolute atomic E-state index is 0.0821. The topological polar surface area (TPSA) is 61.8 Å². The second-order valence-electron chi connectivity index (χ2n) is 6.17. The van der Waals surface area contributed by atoms with Crippen molar-refractivity contribution in [2.24, 2.45) is 10.9 Å². The van der Waals surface area contributed by atoms with Gasteiger partial charge in [-0.2, -0.15) is 0 Å². The van der Waals surface area contributed by atoms with Gasteiger partial charge >= 0.3 is 0 Å². The lowest BCUT2D eigenvalue weighted by molar-refractivity contribution is -0.130. The Labute approximate surface area is 171 Å². The molecule has 1 aliphatic heterocycles. The van der Waals surface area contributed by atoms with Crippen molar-refractivity contribution in [3.8, 4) is 0 Å². The average molecular weight is 444 g/mol. The Hall–Kier alpha value is -2.38. The summed E-state index contributed by atoms with van der Waals surface area (Å²) >= 11 is 8.62. The number of halogens is 1. The van der Waals surface area contributed by atoms with E-state index < -0.39 is 17.7 Å². The molecule has 0 aliphatic carbocycles. The number of amides is 2. The Morgan fingerprint density at radius 2 is 1.93 bits per heavy atom. The number of carbonyl (C=O) groups is 2. The van der Waals surface area contributed by atoms with Crippen molar-refractivity contribution >= 4 is 62.7 Å². The highest BCUT2D eigenvalue weighted by molar-refractivity contribution is 9.10. The van der Waals surface area contributed by atoms with Crippen LogP contribution in [0.4, 0.5) is 11.4 Å². The van der Waals surface area contributed by atoms with Crippen LogP contribution in [-0.2, 0) is 16.0 Å². The summed E-state index contributed by atoms with van der Waals surface area (Å²) in [7, 11) is 0. The number of carbonyl (C=O) groups excluding carboxylic acids is 2. The zero-order valence-corrected chi connectivity index (χ0v) is 17.3. The molecule has 1 N–H and O–H groups in total. The fourth-order valence-corrected chi connectivity index (χ4v) is 3.54. The van der Waals surface area contributed by atoms with Gasteiger partial charge in [0.15, 0.2) is 11.0 Å². The largest absolute Gasteiger partial charge is 0.301 e. The van der Waals surface area contributed by atoms with Crippen molar-refractivity contribution in [2.75, 3.05) is 4.90 Å². The molecule has 0 radical (unpaired) electrons. The normalized spacial score (nSPS) is 17.5. The number of nitrogens with one attached hydrogen (secondary N) is 1. The Bertz CT molecular complexity index is 941. The molecule has 3 rings (SSSR count). The van der Waals surface area contributed by atoms with Gasteiger partial charge in [-0.25, -0.2) is 0 Å². The first kappa shape index (κ1) is 19.4. The van der Waals surface area contributed by atoms with E-state index in [-0.39, 0.29) is 5.11 Å². The van der Waals surface area contributed by atoms with Crippen molar-refractivity contribution in [3.63, 3.8) is 0 Å².